The molecule has 0 saturated heterocycles. The lowest BCUT2D eigenvalue weighted by Gasteiger charge is -2.23. The minimum atomic E-state index is -0.314. The van der Waals surface area contributed by atoms with Gasteiger partial charge in [-0.2, -0.15) is 4.98 Å². The number of carbonyl (C=O) groups excluding carboxylic acids is 1. The number of benzene rings is 2. The van der Waals surface area contributed by atoms with Crippen LogP contribution in [0.1, 0.15) is 0 Å². The van der Waals surface area contributed by atoms with Crippen LogP contribution >= 0.6 is 0 Å². The molecule has 35 heavy (non-hydrogen) atoms. The Hall–Kier alpha value is -4.37. The van der Waals surface area contributed by atoms with Crippen molar-refractivity contribution in [3.63, 3.8) is 0 Å². The van der Waals surface area contributed by atoms with E-state index in [1.54, 1.807) is 31.4 Å². The lowest BCUT2D eigenvalue weighted by Crippen LogP contribution is -2.27. The molecule has 2 N–H and O–H groups in total. The Labute approximate surface area is 205 Å². The SMILES string of the molecule is C=CCN(CCOC)c1ccc(Nc2ncc(OC)c(Oc3cccc(NC(=O)C=C)c3)n2)cc1. The zero-order valence-corrected chi connectivity index (χ0v) is 19.9. The van der Waals surface area contributed by atoms with E-state index in [0.717, 1.165) is 24.5 Å². The number of nitrogens with one attached hydrogen (secondary N) is 2. The first-order valence-corrected chi connectivity index (χ1v) is 10.9. The third kappa shape index (κ3) is 7.31. The smallest absolute Gasteiger partial charge is 0.267 e. The molecule has 1 aromatic heterocycles. The van der Waals surface area contributed by atoms with E-state index >= 15 is 0 Å². The van der Waals surface area contributed by atoms with Crippen LogP contribution < -0.4 is 25.0 Å². The van der Waals surface area contributed by atoms with E-state index in [9.17, 15) is 4.79 Å². The van der Waals surface area contributed by atoms with E-state index < -0.39 is 0 Å². The third-order valence-corrected chi connectivity index (χ3v) is 4.85. The number of nitrogens with zero attached hydrogens (tertiary/aromatic N) is 3. The molecule has 0 fully saturated rings. The zero-order chi connectivity index (χ0) is 25.0. The first kappa shape index (κ1) is 25.3. The summed E-state index contributed by atoms with van der Waals surface area (Å²) in [6, 6.07) is 14.8. The summed E-state index contributed by atoms with van der Waals surface area (Å²) >= 11 is 0. The molecule has 3 rings (SSSR count). The zero-order valence-electron chi connectivity index (χ0n) is 19.9. The fourth-order valence-electron chi connectivity index (χ4n) is 3.14. The molecule has 0 aliphatic carbocycles. The maximum absolute atomic E-state index is 11.6. The lowest BCUT2D eigenvalue weighted by molar-refractivity contribution is -0.111. The molecule has 1 amide bonds. The average Bonchev–Trinajstić information content (AvgIpc) is 2.87. The van der Waals surface area contributed by atoms with Crippen molar-refractivity contribution in [1.29, 1.82) is 0 Å². The molecule has 1 heterocycles. The van der Waals surface area contributed by atoms with Gasteiger partial charge in [-0.3, -0.25) is 4.79 Å². The minimum Gasteiger partial charge on any atom is -0.490 e. The number of aromatic nitrogens is 2. The topological polar surface area (TPSA) is 97.8 Å². The van der Waals surface area contributed by atoms with Crippen molar-refractivity contribution in [3.8, 4) is 17.4 Å². The molecule has 2 aromatic carbocycles. The molecule has 0 radical (unpaired) electrons. The second kappa shape index (κ2) is 12.8. The number of ether oxygens (including phenoxy) is 3. The van der Waals surface area contributed by atoms with Gasteiger partial charge in [0, 0.05) is 43.3 Å². The van der Waals surface area contributed by atoms with Crippen molar-refractivity contribution in [1.82, 2.24) is 9.97 Å². The number of hydrogen-bond acceptors (Lipinski definition) is 8. The van der Waals surface area contributed by atoms with Crippen molar-refractivity contribution in [2.45, 2.75) is 0 Å². The molecule has 0 unspecified atom stereocenters. The van der Waals surface area contributed by atoms with Crippen LogP contribution in [0.25, 0.3) is 0 Å². The molecule has 9 nitrogen and oxygen atoms in total. The van der Waals surface area contributed by atoms with E-state index in [1.165, 1.54) is 19.4 Å². The van der Waals surface area contributed by atoms with Crippen molar-refractivity contribution in [2.75, 3.05) is 49.4 Å². The largest absolute Gasteiger partial charge is 0.490 e. The first-order chi connectivity index (χ1) is 17.1. The Kier molecular flexibility index (Phi) is 9.21. The maximum Gasteiger partial charge on any atom is 0.267 e. The third-order valence-electron chi connectivity index (χ3n) is 4.85. The molecule has 0 aliphatic heterocycles. The van der Waals surface area contributed by atoms with Crippen molar-refractivity contribution < 1.29 is 19.0 Å². The van der Waals surface area contributed by atoms with E-state index in [1.807, 2.05) is 30.3 Å². The summed E-state index contributed by atoms with van der Waals surface area (Å²) in [5.74, 6) is 1.09. The summed E-state index contributed by atoms with van der Waals surface area (Å²) in [4.78, 5) is 22.5. The van der Waals surface area contributed by atoms with Crippen LogP contribution in [0, 0.1) is 0 Å². The summed E-state index contributed by atoms with van der Waals surface area (Å²) < 4.78 is 16.5. The standard InChI is InChI=1S/C26H29N5O4/c1-5-14-31(15-16-33-3)21-12-10-19(11-13-21)29-26-27-18-23(34-4)25(30-26)35-22-9-7-8-20(17-22)28-24(32)6-2/h5-13,17-18H,1-2,14-16H2,3-4H3,(H,28,32)(H,27,29,30). The molecule has 0 bridgehead atoms. The second-order valence-electron chi connectivity index (χ2n) is 7.29. The fraction of sp³-hybridized carbons (Fsp3) is 0.192. The average molecular weight is 476 g/mol. The van der Waals surface area contributed by atoms with Crippen LogP contribution in [0.15, 0.2) is 80.0 Å². The Morgan fingerprint density at radius 1 is 1.11 bits per heavy atom. The van der Waals surface area contributed by atoms with E-state index in [2.05, 4.69) is 38.7 Å². The van der Waals surface area contributed by atoms with Gasteiger partial charge in [-0.1, -0.05) is 18.7 Å². The molecule has 0 saturated carbocycles. The highest BCUT2D eigenvalue weighted by Gasteiger charge is 2.12. The quantitative estimate of drug-likeness (QED) is 0.269. The number of hydrogen-bond donors (Lipinski definition) is 2. The van der Waals surface area contributed by atoms with Gasteiger partial charge >= 0.3 is 0 Å². The van der Waals surface area contributed by atoms with Gasteiger partial charge in [0.25, 0.3) is 5.88 Å². The summed E-state index contributed by atoms with van der Waals surface area (Å²) in [5.41, 5.74) is 2.43. The molecular weight excluding hydrogens is 446 g/mol. The van der Waals surface area contributed by atoms with E-state index in [0.29, 0.717) is 29.7 Å². The number of rotatable bonds is 13. The van der Waals surface area contributed by atoms with Crippen LogP contribution in [-0.2, 0) is 9.53 Å². The maximum atomic E-state index is 11.6. The minimum absolute atomic E-state index is 0.227. The summed E-state index contributed by atoms with van der Waals surface area (Å²) in [6.07, 6.45) is 4.58. The van der Waals surface area contributed by atoms with Gasteiger partial charge in [-0.25, -0.2) is 4.98 Å². The van der Waals surface area contributed by atoms with Gasteiger partial charge in [-0.15, -0.1) is 6.58 Å². The predicted molar refractivity (Wildman–Crippen MR) is 138 cm³/mol. The van der Waals surface area contributed by atoms with Crippen LogP contribution in [0.5, 0.6) is 17.4 Å². The fourth-order valence-corrected chi connectivity index (χ4v) is 3.14. The van der Waals surface area contributed by atoms with Crippen LogP contribution in [-0.4, -0.2) is 49.8 Å². The van der Waals surface area contributed by atoms with Gasteiger partial charge in [0.1, 0.15) is 5.75 Å². The van der Waals surface area contributed by atoms with Gasteiger partial charge in [-0.05, 0) is 42.5 Å². The number of carbonyl (C=O) groups is 1. The second-order valence-corrected chi connectivity index (χ2v) is 7.29. The number of methoxy groups -OCH3 is 2. The van der Waals surface area contributed by atoms with Gasteiger partial charge < -0.3 is 29.7 Å². The Morgan fingerprint density at radius 3 is 2.60 bits per heavy atom. The van der Waals surface area contributed by atoms with Crippen LogP contribution in [0.3, 0.4) is 0 Å². The predicted octanol–water partition coefficient (Wildman–Crippen LogP) is 4.78. The Balaban J connectivity index is 1.75. The molecule has 3 aromatic rings. The van der Waals surface area contributed by atoms with Crippen LogP contribution in [0.4, 0.5) is 23.0 Å². The highest BCUT2D eigenvalue weighted by Crippen LogP contribution is 2.31. The highest BCUT2D eigenvalue weighted by molar-refractivity contribution is 5.98. The summed E-state index contributed by atoms with van der Waals surface area (Å²) in [5, 5.41) is 5.87. The van der Waals surface area contributed by atoms with Crippen molar-refractivity contribution >= 4 is 28.9 Å². The highest BCUT2D eigenvalue weighted by atomic mass is 16.5. The monoisotopic (exact) mass is 475 g/mol. The molecule has 182 valence electrons. The van der Waals surface area contributed by atoms with Gasteiger partial charge in [0.2, 0.25) is 11.9 Å². The molecule has 0 spiro atoms. The Bertz CT molecular complexity index is 1150. The molecule has 0 aliphatic rings. The van der Waals surface area contributed by atoms with Crippen LogP contribution in [0.2, 0.25) is 0 Å². The first-order valence-electron chi connectivity index (χ1n) is 10.9. The summed E-state index contributed by atoms with van der Waals surface area (Å²) in [7, 11) is 3.19. The van der Waals surface area contributed by atoms with Crippen molar-refractivity contribution in [3.05, 3.63) is 80.0 Å². The molecule has 0 atom stereocenters. The number of amides is 1. The van der Waals surface area contributed by atoms with Crippen molar-refractivity contribution in [2.24, 2.45) is 0 Å². The van der Waals surface area contributed by atoms with Gasteiger partial charge in [0.15, 0.2) is 5.75 Å². The normalized spacial score (nSPS) is 10.2. The summed E-state index contributed by atoms with van der Waals surface area (Å²) in [6.45, 7) is 9.38. The number of anilines is 4. The molecule has 9 heteroatoms. The van der Waals surface area contributed by atoms with Gasteiger partial charge in [0.05, 0.1) is 19.9 Å². The lowest BCUT2D eigenvalue weighted by atomic mass is 10.2. The van der Waals surface area contributed by atoms with E-state index in [-0.39, 0.29) is 11.8 Å². The van der Waals surface area contributed by atoms with E-state index in [4.69, 9.17) is 14.2 Å². The molecular formula is C26H29N5O4. The Morgan fingerprint density at radius 2 is 1.91 bits per heavy atom.